The number of fused-ring (bicyclic) bond motifs is 2. The van der Waals surface area contributed by atoms with Crippen molar-refractivity contribution in [2.24, 2.45) is 22.7 Å². The van der Waals surface area contributed by atoms with Crippen molar-refractivity contribution in [3.8, 4) is 0 Å². The zero-order valence-electron chi connectivity index (χ0n) is 13.7. The van der Waals surface area contributed by atoms with E-state index in [-0.39, 0.29) is 5.91 Å². The van der Waals surface area contributed by atoms with Crippen LogP contribution < -0.4 is 5.32 Å². The number of carbonyl (C=O) groups is 1. The minimum absolute atomic E-state index is 0.0790. The van der Waals surface area contributed by atoms with E-state index >= 15 is 0 Å². The summed E-state index contributed by atoms with van der Waals surface area (Å²) in [4.78, 5) is 15.7. The Morgan fingerprint density at radius 1 is 1.26 bits per heavy atom. The van der Waals surface area contributed by atoms with Gasteiger partial charge in [-0.25, -0.2) is 0 Å². The molecule has 4 atom stereocenters. The van der Waals surface area contributed by atoms with Crippen LogP contribution in [0.3, 0.4) is 0 Å². The molecule has 3 fully saturated rings. The van der Waals surface area contributed by atoms with Gasteiger partial charge in [-0.05, 0) is 79.0 Å². The van der Waals surface area contributed by atoms with E-state index in [9.17, 15) is 4.79 Å². The highest BCUT2D eigenvalue weighted by atomic mass is 16.1. The van der Waals surface area contributed by atoms with Crippen molar-refractivity contribution in [1.29, 1.82) is 0 Å². The van der Waals surface area contributed by atoms with Crippen molar-refractivity contribution in [3.63, 3.8) is 0 Å². The first-order valence-electron chi connectivity index (χ1n) is 8.93. The predicted octanol–water partition coefficient (Wildman–Crippen LogP) is 4.11. The lowest BCUT2D eigenvalue weighted by Crippen LogP contribution is -2.40. The van der Waals surface area contributed by atoms with E-state index in [1.807, 2.05) is 30.5 Å². The SMILES string of the molecule is CC1CC2(CNC(=O)c3ccc4[nH]ccc4c3)CC3CC3(C1)C2. The fourth-order valence-electron chi connectivity index (χ4n) is 6.03. The van der Waals surface area contributed by atoms with Gasteiger partial charge in [0.15, 0.2) is 0 Å². The minimum atomic E-state index is 0.0790. The van der Waals surface area contributed by atoms with Crippen molar-refractivity contribution < 1.29 is 4.79 Å². The molecule has 2 N–H and O–H groups in total. The first kappa shape index (κ1) is 13.6. The van der Waals surface area contributed by atoms with Crippen LogP contribution in [-0.4, -0.2) is 17.4 Å². The Morgan fingerprint density at radius 2 is 2.17 bits per heavy atom. The molecule has 5 rings (SSSR count). The summed E-state index contributed by atoms with van der Waals surface area (Å²) >= 11 is 0. The van der Waals surface area contributed by atoms with Gasteiger partial charge in [0, 0.05) is 29.2 Å². The summed E-state index contributed by atoms with van der Waals surface area (Å²) in [6, 6.07) is 7.91. The van der Waals surface area contributed by atoms with Crippen LogP contribution in [0.4, 0.5) is 0 Å². The summed E-state index contributed by atoms with van der Waals surface area (Å²) in [7, 11) is 0. The predicted molar refractivity (Wildman–Crippen MR) is 91.2 cm³/mol. The van der Waals surface area contributed by atoms with E-state index in [1.54, 1.807) is 0 Å². The van der Waals surface area contributed by atoms with Gasteiger partial charge in [-0.1, -0.05) is 6.92 Å². The number of aromatic amines is 1. The molecular formula is C20H24N2O. The summed E-state index contributed by atoms with van der Waals surface area (Å²) in [5.41, 5.74) is 2.91. The highest BCUT2D eigenvalue weighted by molar-refractivity contribution is 5.98. The fraction of sp³-hybridized carbons (Fsp3) is 0.550. The Hall–Kier alpha value is -1.77. The third-order valence-electron chi connectivity index (χ3n) is 6.74. The van der Waals surface area contributed by atoms with Crippen LogP contribution >= 0.6 is 0 Å². The summed E-state index contributed by atoms with van der Waals surface area (Å²) < 4.78 is 0. The molecule has 1 aromatic carbocycles. The second-order valence-electron chi connectivity index (χ2n) is 8.62. The average molecular weight is 308 g/mol. The highest BCUT2D eigenvalue weighted by Gasteiger charge is 2.67. The van der Waals surface area contributed by atoms with Gasteiger partial charge in [-0.3, -0.25) is 4.79 Å². The molecule has 2 bridgehead atoms. The quantitative estimate of drug-likeness (QED) is 0.880. The largest absolute Gasteiger partial charge is 0.361 e. The number of amides is 1. The van der Waals surface area contributed by atoms with Crippen LogP contribution in [0.1, 0.15) is 49.4 Å². The van der Waals surface area contributed by atoms with Gasteiger partial charge in [-0.15, -0.1) is 0 Å². The number of rotatable bonds is 3. The van der Waals surface area contributed by atoms with Crippen molar-refractivity contribution in [2.75, 3.05) is 6.54 Å². The lowest BCUT2D eigenvalue weighted by Gasteiger charge is -2.40. The molecule has 3 nitrogen and oxygen atoms in total. The van der Waals surface area contributed by atoms with Gasteiger partial charge >= 0.3 is 0 Å². The third kappa shape index (κ3) is 2.05. The molecule has 0 saturated heterocycles. The molecule has 0 radical (unpaired) electrons. The normalized spacial score (nSPS) is 37.6. The summed E-state index contributed by atoms with van der Waals surface area (Å²) in [6.07, 6.45) is 8.79. The smallest absolute Gasteiger partial charge is 0.251 e. The first-order valence-corrected chi connectivity index (χ1v) is 8.93. The van der Waals surface area contributed by atoms with Crippen LogP contribution in [0.2, 0.25) is 0 Å². The molecule has 1 aromatic heterocycles. The van der Waals surface area contributed by atoms with Crippen LogP contribution in [0.15, 0.2) is 30.5 Å². The molecule has 3 heteroatoms. The summed E-state index contributed by atoms with van der Waals surface area (Å²) in [5, 5.41) is 4.35. The molecule has 2 aromatic rings. The Balaban J connectivity index is 1.31. The fourth-order valence-corrected chi connectivity index (χ4v) is 6.03. The van der Waals surface area contributed by atoms with Gasteiger partial charge in [0.1, 0.15) is 0 Å². The molecule has 120 valence electrons. The number of benzene rings is 1. The monoisotopic (exact) mass is 308 g/mol. The number of H-pyrrole nitrogens is 1. The van der Waals surface area contributed by atoms with Crippen molar-refractivity contribution >= 4 is 16.8 Å². The lowest BCUT2D eigenvalue weighted by atomic mass is 9.67. The number of hydrogen-bond donors (Lipinski definition) is 2. The lowest BCUT2D eigenvalue weighted by molar-refractivity contribution is 0.0861. The average Bonchev–Trinajstić information content (AvgIpc) is 2.89. The van der Waals surface area contributed by atoms with E-state index in [4.69, 9.17) is 0 Å². The molecule has 4 unspecified atom stereocenters. The molecule has 3 aliphatic carbocycles. The molecule has 3 saturated carbocycles. The van der Waals surface area contributed by atoms with Gasteiger partial charge < -0.3 is 10.3 Å². The van der Waals surface area contributed by atoms with Crippen LogP contribution in [0.25, 0.3) is 10.9 Å². The molecule has 1 amide bonds. The zero-order valence-corrected chi connectivity index (χ0v) is 13.7. The third-order valence-corrected chi connectivity index (χ3v) is 6.74. The highest BCUT2D eigenvalue weighted by Crippen LogP contribution is 2.75. The van der Waals surface area contributed by atoms with Gasteiger partial charge in [-0.2, -0.15) is 0 Å². The Morgan fingerprint density at radius 3 is 3.09 bits per heavy atom. The van der Waals surface area contributed by atoms with Crippen molar-refractivity contribution in [3.05, 3.63) is 36.0 Å². The van der Waals surface area contributed by atoms with Crippen molar-refractivity contribution in [2.45, 2.75) is 39.0 Å². The molecular weight excluding hydrogens is 284 g/mol. The topological polar surface area (TPSA) is 44.9 Å². The standard InChI is InChI=1S/C20H24N2O/c1-13-7-19(9-16-10-20(16,8-13)11-19)12-22-18(23)15-2-3-17-14(6-15)4-5-21-17/h2-6,13,16,21H,7-12H2,1H3,(H,22,23). The second kappa shape index (κ2) is 4.40. The second-order valence-corrected chi connectivity index (χ2v) is 8.62. The van der Waals surface area contributed by atoms with Crippen LogP contribution in [0.5, 0.6) is 0 Å². The van der Waals surface area contributed by atoms with E-state index < -0.39 is 0 Å². The Labute approximate surface area is 136 Å². The number of carbonyl (C=O) groups excluding carboxylic acids is 1. The molecule has 1 spiro atoms. The summed E-state index contributed by atoms with van der Waals surface area (Å²) in [6.45, 7) is 3.26. The summed E-state index contributed by atoms with van der Waals surface area (Å²) in [5.74, 6) is 1.86. The Bertz CT molecular complexity index is 790. The van der Waals surface area contributed by atoms with Crippen LogP contribution in [0, 0.1) is 22.7 Å². The van der Waals surface area contributed by atoms with Crippen molar-refractivity contribution in [1.82, 2.24) is 10.3 Å². The molecule has 23 heavy (non-hydrogen) atoms. The maximum absolute atomic E-state index is 12.6. The van der Waals surface area contributed by atoms with E-state index in [1.165, 1.54) is 32.1 Å². The maximum atomic E-state index is 12.6. The zero-order chi connectivity index (χ0) is 15.7. The van der Waals surface area contributed by atoms with Gasteiger partial charge in [0.05, 0.1) is 0 Å². The maximum Gasteiger partial charge on any atom is 0.251 e. The minimum Gasteiger partial charge on any atom is -0.361 e. The van der Waals surface area contributed by atoms with E-state index in [0.717, 1.165) is 34.8 Å². The number of nitrogens with one attached hydrogen (secondary N) is 2. The van der Waals surface area contributed by atoms with E-state index in [0.29, 0.717) is 10.8 Å². The molecule has 0 aliphatic heterocycles. The number of aromatic nitrogens is 1. The first-order chi connectivity index (χ1) is 11.1. The van der Waals surface area contributed by atoms with Crippen LogP contribution in [-0.2, 0) is 0 Å². The molecule has 1 heterocycles. The molecule has 3 aliphatic rings. The van der Waals surface area contributed by atoms with Gasteiger partial charge in [0.2, 0.25) is 0 Å². The van der Waals surface area contributed by atoms with E-state index in [2.05, 4.69) is 17.2 Å². The Kier molecular flexibility index (Phi) is 2.61. The number of hydrogen-bond acceptors (Lipinski definition) is 1. The van der Waals surface area contributed by atoms with Gasteiger partial charge in [0.25, 0.3) is 5.91 Å².